The zero-order chi connectivity index (χ0) is 18.8. The van der Waals surface area contributed by atoms with Gasteiger partial charge in [-0.1, -0.05) is 12.1 Å². The Labute approximate surface area is 157 Å². The topological polar surface area (TPSA) is 66.4 Å². The van der Waals surface area contributed by atoms with Crippen LogP contribution in [0.5, 0.6) is 0 Å². The van der Waals surface area contributed by atoms with Gasteiger partial charge < -0.3 is 9.80 Å². The van der Waals surface area contributed by atoms with Crippen LogP contribution in [-0.2, 0) is 11.2 Å². The number of aromatic nitrogens is 2. The van der Waals surface area contributed by atoms with E-state index in [1.54, 1.807) is 23.2 Å². The van der Waals surface area contributed by atoms with Crippen molar-refractivity contribution >= 4 is 11.8 Å². The zero-order valence-corrected chi connectivity index (χ0v) is 14.9. The molecule has 1 aromatic carbocycles. The third-order valence-corrected chi connectivity index (χ3v) is 5.37. The summed E-state index contributed by atoms with van der Waals surface area (Å²) in [5, 5.41) is 0. The Morgan fingerprint density at radius 1 is 1.07 bits per heavy atom. The van der Waals surface area contributed by atoms with E-state index in [9.17, 15) is 14.0 Å². The van der Waals surface area contributed by atoms with Crippen LogP contribution in [0.25, 0.3) is 0 Å². The lowest BCUT2D eigenvalue weighted by atomic mass is 9.94. The van der Waals surface area contributed by atoms with E-state index in [-0.39, 0.29) is 36.0 Å². The van der Waals surface area contributed by atoms with Crippen LogP contribution >= 0.6 is 0 Å². The number of fused-ring (bicyclic) bond motifs is 4. The molecule has 0 radical (unpaired) electrons. The number of halogens is 1. The molecule has 0 unspecified atom stereocenters. The summed E-state index contributed by atoms with van der Waals surface area (Å²) in [6, 6.07) is 6.05. The second kappa shape index (κ2) is 7.42. The maximum atomic E-state index is 13.1. The van der Waals surface area contributed by atoms with Gasteiger partial charge in [-0.3, -0.25) is 14.6 Å². The van der Waals surface area contributed by atoms with Crippen molar-refractivity contribution in [2.75, 3.05) is 19.6 Å². The van der Waals surface area contributed by atoms with E-state index in [1.807, 2.05) is 4.90 Å². The van der Waals surface area contributed by atoms with Gasteiger partial charge in [0.05, 0.1) is 12.6 Å². The molecule has 0 saturated carbocycles. The summed E-state index contributed by atoms with van der Waals surface area (Å²) in [4.78, 5) is 37.4. The lowest BCUT2D eigenvalue weighted by Crippen LogP contribution is -2.48. The van der Waals surface area contributed by atoms with Gasteiger partial charge >= 0.3 is 0 Å². The average molecular weight is 368 g/mol. The summed E-state index contributed by atoms with van der Waals surface area (Å²) < 4.78 is 13.1. The summed E-state index contributed by atoms with van der Waals surface area (Å²) in [6.07, 6.45) is 6.68. The molecule has 0 spiro atoms. The summed E-state index contributed by atoms with van der Waals surface area (Å²) in [6.45, 7) is 1.81. The molecule has 2 amide bonds. The number of carbonyl (C=O) groups is 2. The van der Waals surface area contributed by atoms with Gasteiger partial charge in [0.2, 0.25) is 5.91 Å². The van der Waals surface area contributed by atoms with Crippen LogP contribution in [0.1, 0.15) is 28.9 Å². The SMILES string of the molecule is O=C(c1cnccn1)N1C[C@@H]2CC[C@H](C1)N(C(=O)Cc1ccc(F)cc1)C2. The Morgan fingerprint density at radius 3 is 2.63 bits per heavy atom. The molecule has 3 saturated heterocycles. The monoisotopic (exact) mass is 368 g/mol. The third kappa shape index (κ3) is 3.82. The van der Waals surface area contributed by atoms with Crippen molar-refractivity contribution in [3.8, 4) is 0 Å². The molecular formula is C20H21FN4O2. The third-order valence-electron chi connectivity index (χ3n) is 5.37. The first-order chi connectivity index (χ1) is 13.1. The predicted octanol–water partition coefficient (Wildman–Crippen LogP) is 1.92. The Kier molecular flexibility index (Phi) is 4.83. The van der Waals surface area contributed by atoms with Gasteiger partial charge in [0.25, 0.3) is 5.91 Å². The summed E-state index contributed by atoms with van der Waals surface area (Å²) in [5.41, 5.74) is 1.14. The number of carbonyl (C=O) groups excluding carboxylic acids is 2. The summed E-state index contributed by atoms with van der Waals surface area (Å²) >= 11 is 0. The molecule has 4 heterocycles. The molecule has 7 heteroatoms. The number of hydrogen-bond acceptors (Lipinski definition) is 4. The highest BCUT2D eigenvalue weighted by molar-refractivity contribution is 5.92. The first kappa shape index (κ1) is 17.6. The van der Waals surface area contributed by atoms with Gasteiger partial charge in [0.1, 0.15) is 11.5 Å². The largest absolute Gasteiger partial charge is 0.337 e. The molecule has 3 aliphatic heterocycles. The van der Waals surface area contributed by atoms with Gasteiger partial charge in [-0.2, -0.15) is 0 Å². The highest BCUT2D eigenvalue weighted by Crippen LogP contribution is 2.29. The molecule has 5 rings (SSSR count). The normalized spacial score (nSPS) is 21.8. The molecule has 0 N–H and O–H groups in total. The Bertz CT molecular complexity index is 828. The molecule has 1 aromatic heterocycles. The predicted molar refractivity (Wildman–Crippen MR) is 96.3 cm³/mol. The van der Waals surface area contributed by atoms with Gasteiger partial charge in [0.15, 0.2) is 0 Å². The van der Waals surface area contributed by atoms with Gasteiger partial charge in [-0.05, 0) is 36.5 Å². The minimum absolute atomic E-state index is 0.0114. The Hall–Kier alpha value is -2.83. The molecule has 2 bridgehead atoms. The number of amides is 2. The van der Waals surface area contributed by atoms with E-state index in [4.69, 9.17) is 0 Å². The number of piperidine rings is 1. The highest BCUT2D eigenvalue weighted by atomic mass is 19.1. The fraction of sp³-hybridized carbons (Fsp3) is 0.400. The molecule has 0 aliphatic carbocycles. The molecule has 2 aromatic rings. The number of rotatable bonds is 3. The van der Waals surface area contributed by atoms with Gasteiger partial charge in [0, 0.05) is 38.1 Å². The van der Waals surface area contributed by atoms with E-state index in [1.165, 1.54) is 24.5 Å². The van der Waals surface area contributed by atoms with Crippen molar-refractivity contribution in [1.82, 2.24) is 19.8 Å². The summed E-state index contributed by atoms with van der Waals surface area (Å²) in [7, 11) is 0. The highest BCUT2D eigenvalue weighted by Gasteiger charge is 2.38. The lowest BCUT2D eigenvalue weighted by Gasteiger charge is -2.36. The molecule has 140 valence electrons. The fourth-order valence-corrected chi connectivity index (χ4v) is 4.00. The second-order valence-corrected chi connectivity index (χ2v) is 7.25. The van der Waals surface area contributed by atoms with Crippen LogP contribution in [0.3, 0.4) is 0 Å². The Morgan fingerprint density at radius 2 is 1.89 bits per heavy atom. The van der Waals surface area contributed by atoms with Crippen LogP contribution < -0.4 is 0 Å². The van der Waals surface area contributed by atoms with E-state index >= 15 is 0 Å². The smallest absolute Gasteiger partial charge is 0.274 e. The minimum Gasteiger partial charge on any atom is -0.337 e. The molecular weight excluding hydrogens is 347 g/mol. The minimum atomic E-state index is -0.307. The first-order valence-corrected chi connectivity index (χ1v) is 9.19. The number of hydrogen-bond donors (Lipinski definition) is 0. The van der Waals surface area contributed by atoms with E-state index in [0.29, 0.717) is 25.3 Å². The maximum absolute atomic E-state index is 13.1. The van der Waals surface area contributed by atoms with Crippen LogP contribution in [-0.4, -0.2) is 57.3 Å². The van der Waals surface area contributed by atoms with E-state index < -0.39 is 0 Å². The number of benzene rings is 1. The molecule has 2 atom stereocenters. The van der Waals surface area contributed by atoms with Crippen LogP contribution in [0.4, 0.5) is 4.39 Å². The molecule has 3 aliphatic rings. The van der Waals surface area contributed by atoms with E-state index in [2.05, 4.69) is 9.97 Å². The Balaban J connectivity index is 1.47. The van der Waals surface area contributed by atoms with E-state index in [0.717, 1.165) is 18.4 Å². The van der Waals surface area contributed by atoms with Crippen LogP contribution in [0.15, 0.2) is 42.9 Å². The zero-order valence-electron chi connectivity index (χ0n) is 14.9. The van der Waals surface area contributed by atoms with Gasteiger partial charge in [-0.15, -0.1) is 0 Å². The van der Waals surface area contributed by atoms with Crippen LogP contribution in [0, 0.1) is 11.7 Å². The molecule has 27 heavy (non-hydrogen) atoms. The molecule has 6 nitrogen and oxygen atoms in total. The maximum Gasteiger partial charge on any atom is 0.274 e. The lowest BCUT2D eigenvalue weighted by molar-refractivity contribution is -0.134. The van der Waals surface area contributed by atoms with Crippen molar-refractivity contribution in [2.45, 2.75) is 25.3 Å². The quantitative estimate of drug-likeness (QED) is 0.830. The van der Waals surface area contributed by atoms with Crippen molar-refractivity contribution < 1.29 is 14.0 Å². The van der Waals surface area contributed by atoms with Crippen molar-refractivity contribution in [3.63, 3.8) is 0 Å². The van der Waals surface area contributed by atoms with Crippen molar-refractivity contribution in [3.05, 3.63) is 59.9 Å². The fourth-order valence-electron chi connectivity index (χ4n) is 4.00. The van der Waals surface area contributed by atoms with Crippen molar-refractivity contribution in [2.24, 2.45) is 5.92 Å². The molecule has 3 fully saturated rings. The average Bonchev–Trinajstić information content (AvgIpc) is 3.02. The van der Waals surface area contributed by atoms with Crippen molar-refractivity contribution in [1.29, 1.82) is 0 Å². The number of nitrogens with zero attached hydrogens (tertiary/aromatic N) is 4. The van der Waals surface area contributed by atoms with Crippen LogP contribution in [0.2, 0.25) is 0 Å². The van der Waals surface area contributed by atoms with Gasteiger partial charge in [-0.25, -0.2) is 9.37 Å². The summed E-state index contributed by atoms with van der Waals surface area (Å²) in [5.74, 6) is -0.141. The second-order valence-electron chi connectivity index (χ2n) is 7.25. The standard InChI is InChI=1S/C20H21FN4O2/c21-16-4-1-14(2-5-16)9-19(26)25-12-15-3-6-17(25)13-24(11-15)20(27)18-10-22-7-8-23-18/h1-2,4-5,7-8,10,15,17H,3,6,9,11-13H2/t15-,17+/m0/s1. The first-order valence-electron chi connectivity index (χ1n) is 9.19.